The summed E-state index contributed by atoms with van der Waals surface area (Å²) in [6.07, 6.45) is 0.423. The third kappa shape index (κ3) is 3.91. The van der Waals surface area contributed by atoms with E-state index < -0.39 is 5.82 Å². The molecule has 0 radical (unpaired) electrons. The Morgan fingerprint density at radius 3 is 2.63 bits per heavy atom. The highest BCUT2D eigenvalue weighted by Gasteiger charge is 2.14. The molecule has 8 heteroatoms. The molecule has 2 heterocycles. The minimum absolute atomic E-state index is 0.172. The van der Waals surface area contributed by atoms with Gasteiger partial charge in [0.05, 0.1) is 19.2 Å². The maximum atomic E-state index is 13.9. The van der Waals surface area contributed by atoms with E-state index >= 15 is 0 Å². The Kier molecular flexibility index (Phi) is 5.00. The number of rotatable bonds is 5. The predicted molar refractivity (Wildman–Crippen MR) is 104 cm³/mol. The molecule has 0 aliphatic carbocycles. The lowest BCUT2D eigenvalue weighted by molar-refractivity contribution is 0.384. The van der Waals surface area contributed by atoms with Gasteiger partial charge in [-0.1, -0.05) is 33.2 Å². The lowest BCUT2D eigenvalue weighted by Crippen LogP contribution is -1.90. The quantitative estimate of drug-likeness (QED) is 0.413. The Morgan fingerprint density at radius 1 is 1.11 bits per heavy atom. The van der Waals surface area contributed by atoms with Crippen molar-refractivity contribution in [3.8, 4) is 28.4 Å². The molecule has 0 amide bonds. The first kappa shape index (κ1) is 17.8. The summed E-state index contributed by atoms with van der Waals surface area (Å²) in [5.41, 5.74) is 2.47. The Balaban J connectivity index is 1.51. The van der Waals surface area contributed by atoms with Crippen LogP contribution >= 0.6 is 27.3 Å². The summed E-state index contributed by atoms with van der Waals surface area (Å²) in [4.78, 5) is 8.96. The van der Waals surface area contributed by atoms with Gasteiger partial charge in [0.1, 0.15) is 5.01 Å². The SMILES string of the molecule is COc1ccc(-c2noc(Cc3nc(-c4ccc(Br)cc4)cs3)n2)cc1F. The normalized spacial score (nSPS) is 10.9. The minimum atomic E-state index is -0.472. The van der Waals surface area contributed by atoms with Gasteiger partial charge in [0, 0.05) is 21.0 Å². The van der Waals surface area contributed by atoms with Crippen molar-refractivity contribution in [1.29, 1.82) is 0 Å². The lowest BCUT2D eigenvalue weighted by Gasteiger charge is -2.01. The molecule has 0 saturated carbocycles. The molecule has 0 aliphatic rings. The molecule has 2 aromatic heterocycles. The van der Waals surface area contributed by atoms with Gasteiger partial charge in [0.2, 0.25) is 11.7 Å². The maximum absolute atomic E-state index is 13.9. The maximum Gasteiger partial charge on any atom is 0.233 e. The van der Waals surface area contributed by atoms with Crippen molar-refractivity contribution in [3.05, 3.63) is 69.0 Å². The molecule has 2 aromatic carbocycles. The zero-order valence-electron chi connectivity index (χ0n) is 14.1. The zero-order chi connectivity index (χ0) is 18.8. The van der Waals surface area contributed by atoms with Crippen molar-refractivity contribution in [2.45, 2.75) is 6.42 Å². The van der Waals surface area contributed by atoms with Gasteiger partial charge in [-0.25, -0.2) is 9.37 Å². The highest BCUT2D eigenvalue weighted by atomic mass is 79.9. The number of halogens is 2. The van der Waals surface area contributed by atoms with E-state index in [4.69, 9.17) is 9.26 Å². The molecule has 5 nitrogen and oxygen atoms in total. The standard InChI is InChI=1S/C19H13BrFN3O2S/c1-25-16-7-4-12(8-14(16)21)19-23-17(26-24-19)9-18-22-15(10-27-18)11-2-5-13(20)6-3-11/h2-8,10H,9H2,1H3. The van der Waals surface area contributed by atoms with Crippen LogP contribution in [-0.2, 0) is 6.42 Å². The van der Waals surface area contributed by atoms with E-state index in [9.17, 15) is 4.39 Å². The number of hydrogen-bond acceptors (Lipinski definition) is 6. The van der Waals surface area contributed by atoms with Crippen LogP contribution in [0.1, 0.15) is 10.9 Å². The third-order valence-electron chi connectivity index (χ3n) is 3.87. The zero-order valence-corrected chi connectivity index (χ0v) is 16.6. The van der Waals surface area contributed by atoms with Gasteiger partial charge in [-0.2, -0.15) is 4.98 Å². The number of methoxy groups -OCH3 is 1. The van der Waals surface area contributed by atoms with E-state index in [2.05, 4.69) is 31.1 Å². The molecule has 0 unspecified atom stereocenters. The van der Waals surface area contributed by atoms with E-state index in [0.717, 1.165) is 20.7 Å². The van der Waals surface area contributed by atoms with Gasteiger partial charge in [0.15, 0.2) is 11.6 Å². The first-order valence-corrected chi connectivity index (χ1v) is 9.66. The van der Waals surface area contributed by atoms with Crippen molar-refractivity contribution < 1.29 is 13.7 Å². The highest BCUT2D eigenvalue weighted by molar-refractivity contribution is 9.10. The Morgan fingerprint density at radius 2 is 1.89 bits per heavy atom. The fourth-order valence-corrected chi connectivity index (χ4v) is 3.58. The summed E-state index contributed by atoms with van der Waals surface area (Å²) in [6.45, 7) is 0. The Labute approximate surface area is 167 Å². The second-order valence-electron chi connectivity index (χ2n) is 5.67. The second-order valence-corrected chi connectivity index (χ2v) is 7.53. The summed E-state index contributed by atoms with van der Waals surface area (Å²) >= 11 is 4.95. The van der Waals surface area contributed by atoms with Gasteiger partial charge in [-0.3, -0.25) is 0 Å². The highest BCUT2D eigenvalue weighted by Crippen LogP contribution is 2.26. The van der Waals surface area contributed by atoms with Crippen LogP contribution < -0.4 is 4.74 Å². The van der Waals surface area contributed by atoms with E-state index in [1.807, 2.05) is 29.6 Å². The van der Waals surface area contributed by atoms with Crippen molar-refractivity contribution in [2.75, 3.05) is 7.11 Å². The number of nitrogens with zero attached hydrogens (tertiary/aromatic N) is 3. The van der Waals surface area contributed by atoms with Crippen molar-refractivity contribution in [1.82, 2.24) is 15.1 Å². The largest absolute Gasteiger partial charge is 0.494 e. The first-order valence-electron chi connectivity index (χ1n) is 7.99. The third-order valence-corrected chi connectivity index (χ3v) is 5.25. The van der Waals surface area contributed by atoms with E-state index in [0.29, 0.717) is 23.7 Å². The van der Waals surface area contributed by atoms with Crippen LogP contribution in [0.2, 0.25) is 0 Å². The molecule has 0 atom stereocenters. The van der Waals surface area contributed by atoms with Crippen LogP contribution in [0.4, 0.5) is 4.39 Å². The van der Waals surface area contributed by atoms with Crippen LogP contribution in [0, 0.1) is 5.82 Å². The van der Waals surface area contributed by atoms with Crippen molar-refractivity contribution >= 4 is 27.3 Å². The topological polar surface area (TPSA) is 61.0 Å². The van der Waals surface area contributed by atoms with Crippen LogP contribution in [0.3, 0.4) is 0 Å². The minimum Gasteiger partial charge on any atom is -0.494 e. The number of thiazole rings is 1. The Hall–Kier alpha value is -2.58. The molecular formula is C19H13BrFN3O2S. The van der Waals surface area contributed by atoms with Crippen LogP contribution in [-0.4, -0.2) is 22.2 Å². The van der Waals surface area contributed by atoms with Gasteiger partial charge < -0.3 is 9.26 Å². The fraction of sp³-hybridized carbons (Fsp3) is 0.105. The van der Waals surface area contributed by atoms with Crippen LogP contribution in [0.5, 0.6) is 5.75 Å². The average molecular weight is 446 g/mol. The summed E-state index contributed by atoms with van der Waals surface area (Å²) in [5, 5.41) is 6.79. The number of ether oxygens (including phenoxy) is 1. The smallest absolute Gasteiger partial charge is 0.233 e. The monoisotopic (exact) mass is 445 g/mol. The molecule has 0 spiro atoms. The van der Waals surface area contributed by atoms with Gasteiger partial charge in [-0.05, 0) is 30.3 Å². The van der Waals surface area contributed by atoms with Crippen molar-refractivity contribution in [3.63, 3.8) is 0 Å². The lowest BCUT2D eigenvalue weighted by atomic mass is 10.2. The molecule has 27 heavy (non-hydrogen) atoms. The average Bonchev–Trinajstić information content (AvgIpc) is 3.32. The molecule has 136 valence electrons. The van der Waals surface area contributed by atoms with E-state index in [1.54, 1.807) is 6.07 Å². The van der Waals surface area contributed by atoms with Crippen molar-refractivity contribution in [2.24, 2.45) is 0 Å². The van der Waals surface area contributed by atoms with Gasteiger partial charge >= 0.3 is 0 Å². The summed E-state index contributed by atoms with van der Waals surface area (Å²) < 4.78 is 25.1. The first-order chi connectivity index (χ1) is 13.1. The molecule has 0 fully saturated rings. The van der Waals surface area contributed by atoms with E-state index in [1.165, 1.54) is 30.6 Å². The fourth-order valence-electron chi connectivity index (χ4n) is 2.52. The summed E-state index contributed by atoms with van der Waals surface area (Å²) in [5.74, 6) is 0.459. The molecule has 4 aromatic rings. The van der Waals surface area contributed by atoms with E-state index in [-0.39, 0.29) is 5.75 Å². The Bertz CT molecular complexity index is 1080. The van der Waals surface area contributed by atoms with Crippen LogP contribution in [0.15, 0.2) is 56.8 Å². The number of aromatic nitrogens is 3. The molecule has 4 rings (SSSR count). The number of benzene rings is 2. The van der Waals surface area contributed by atoms with Gasteiger partial charge in [0.25, 0.3) is 0 Å². The molecule has 0 bridgehead atoms. The summed E-state index contributed by atoms with van der Waals surface area (Å²) in [6, 6.07) is 12.5. The van der Waals surface area contributed by atoms with Crippen LogP contribution in [0.25, 0.3) is 22.6 Å². The second kappa shape index (κ2) is 7.58. The summed E-state index contributed by atoms with van der Waals surface area (Å²) in [7, 11) is 1.42. The molecule has 0 aliphatic heterocycles. The van der Waals surface area contributed by atoms with Gasteiger partial charge in [-0.15, -0.1) is 11.3 Å². The molecule has 0 saturated heterocycles. The molecule has 0 N–H and O–H groups in total. The number of hydrogen-bond donors (Lipinski definition) is 0. The molecular weight excluding hydrogens is 433 g/mol. The predicted octanol–water partition coefficient (Wildman–Crippen LogP) is 5.36.